The van der Waals surface area contributed by atoms with Gasteiger partial charge in [0.05, 0.1) is 0 Å². The van der Waals surface area contributed by atoms with E-state index in [1.807, 2.05) is 30.3 Å². The zero-order chi connectivity index (χ0) is 19.0. The third kappa shape index (κ3) is 3.15. The van der Waals surface area contributed by atoms with E-state index in [1.54, 1.807) is 0 Å². The van der Waals surface area contributed by atoms with Crippen molar-refractivity contribution in [1.82, 2.24) is 4.41 Å². The molecule has 0 radical (unpaired) electrons. The SMILES string of the molecule is CC1(C)c2ccccc2-c2ccc(CSN(N)C(=N)c3ccccc3)cc21. The average Bonchev–Trinajstić information content (AvgIpc) is 2.93. The second kappa shape index (κ2) is 6.87. The van der Waals surface area contributed by atoms with Gasteiger partial charge in [-0.25, -0.2) is 10.3 Å². The summed E-state index contributed by atoms with van der Waals surface area (Å²) in [5, 5.41) is 8.26. The highest BCUT2D eigenvalue weighted by Crippen LogP contribution is 2.48. The fourth-order valence-corrected chi connectivity index (χ4v) is 4.48. The Morgan fingerprint density at radius 1 is 0.926 bits per heavy atom. The minimum atomic E-state index is 0.00571. The quantitative estimate of drug-likeness (QED) is 0.213. The highest BCUT2D eigenvalue weighted by molar-refractivity contribution is 7.96. The normalized spacial score (nSPS) is 13.7. The molecule has 0 amide bonds. The number of benzene rings is 3. The number of rotatable bonds is 4. The fraction of sp³-hybridized carbons (Fsp3) is 0.174. The van der Waals surface area contributed by atoms with Crippen LogP contribution >= 0.6 is 11.9 Å². The Hall–Kier alpha value is -2.56. The highest BCUT2D eigenvalue weighted by atomic mass is 32.2. The summed E-state index contributed by atoms with van der Waals surface area (Å²) in [6, 6.07) is 24.9. The molecule has 3 nitrogen and oxygen atoms in total. The van der Waals surface area contributed by atoms with Crippen molar-refractivity contribution in [3.05, 3.63) is 95.1 Å². The fourth-order valence-electron chi connectivity index (χ4n) is 3.77. The van der Waals surface area contributed by atoms with Crippen LogP contribution in [0.15, 0.2) is 72.8 Å². The second-order valence-corrected chi connectivity index (χ2v) is 8.30. The molecule has 0 heterocycles. The largest absolute Gasteiger partial charge is 0.282 e. The zero-order valence-corrected chi connectivity index (χ0v) is 16.4. The molecule has 3 aromatic carbocycles. The van der Waals surface area contributed by atoms with Crippen molar-refractivity contribution in [2.24, 2.45) is 5.84 Å². The molecule has 136 valence electrons. The van der Waals surface area contributed by atoms with Crippen molar-refractivity contribution < 1.29 is 0 Å². The maximum absolute atomic E-state index is 8.26. The van der Waals surface area contributed by atoms with Crippen molar-refractivity contribution in [2.75, 3.05) is 0 Å². The van der Waals surface area contributed by atoms with Gasteiger partial charge in [-0.3, -0.25) is 5.41 Å². The first-order chi connectivity index (χ1) is 13.0. The first-order valence-corrected chi connectivity index (χ1v) is 9.98. The average molecular weight is 374 g/mol. The summed E-state index contributed by atoms with van der Waals surface area (Å²) in [5.41, 5.74) is 7.45. The van der Waals surface area contributed by atoms with E-state index in [0.29, 0.717) is 5.84 Å². The first-order valence-electron chi connectivity index (χ1n) is 9.03. The minimum absolute atomic E-state index is 0.00571. The van der Waals surface area contributed by atoms with Crippen LogP contribution in [-0.2, 0) is 11.2 Å². The molecule has 0 unspecified atom stereocenters. The van der Waals surface area contributed by atoms with Crippen molar-refractivity contribution >= 4 is 17.8 Å². The maximum atomic E-state index is 8.26. The summed E-state index contributed by atoms with van der Waals surface area (Å²) >= 11 is 1.45. The number of hydrogen-bond acceptors (Lipinski definition) is 3. The molecular weight excluding hydrogens is 350 g/mol. The van der Waals surface area contributed by atoms with Gasteiger partial charge in [-0.1, -0.05) is 86.6 Å². The van der Waals surface area contributed by atoms with Gasteiger partial charge < -0.3 is 0 Å². The highest BCUT2D eigenvalue weighted by Gasteiger charge is 2.35. The Morgan fingerprint density at radius 3 is 2.37 bits per heavy atom. The van der Waals surface area contributed by atoms with E-state index in [1.165, 1.54) is 44.2 Å². The summed E-state index contributed by atoms with van der Waals surface area (Å²) in [4.78, 5) is 0. The van der Waals surface area contributed by atoms with E-state index in [4.69, 9.17) is 11.3 Å². The summed E-state index contributed by atoms with van der Waals surface area (Å²) < 4.78 is 1.45. The van der Waals surface area contributed by atoms with Gasteiger partial charge in [0.25, 0.3) is 0 Å². The van der Waals surface area contributed by atoms with Gasteiger partial charge in [-0.05, 0) is 39.8 Å². The van der Waals surface area contributed by atoms with Crippen LogP contribution in [0.25, 0.3) is 11.1 Å². The molecule has 0 bridgehead atoms. The van der Waals surface area contributed by atoms with Crippen LogP contribution in [0.5, 0.6) is 0 Å². The number of hydrazine groups is 1. The van der Waals surface area contributed by atoms with Gasteiger partial charge in [0, 0.05) is 16.7 Å². The summed E-state index contributed by atoms with van der Waals surface area (Å²) in [5.74, 6) is 7.15. The van der Waals surface area contributed by atoms with Crippen LogP contribution in [0.4, 0.5) is 0 Å². The van der Waals surface area contributed by atoms with E-state index < -0.39 is 0 Å². The van der Waals surface area contributed by atoms with Crippen LogP contribution in [0.1, 0.15) is 36.1 Å². The van der Waals surface area contributed by atoms with Gasteiger partial charge in [0.1, 0.15) is 0 Å². The molecule has 0 saturated carbocycles. The Kier molecular flexibility index (Phi) is 4.54. The Labute approximate surface area is 164 Å². The number of amidine groups is 1. The zero-order valence-electron chi connectivity index (χ0n) is 15.6. The predicted molar refractivity (Wildman–Crippen MR) is 115 cm³/mol. The molecule has 0 fully saturated rings. The van der Waals surface area contributed by atoms with Gasteiger partial charge in [0.15, 0.2) is 5.84 Å². The summed E-state index contributed by atoms with van der Waals surface area (Å²) in [7, 11) is 0. The molecule has 0 atom stereocenters. The Balaban J connectivity index is 1.52. The number of nitrogens with two attached hydrogens (primary N) is 1. The summed E-state index contributed by atoms with van der Waals surface area (Å²) in [6.07, 6.45) is 0. The lowest BCUT2D eigenvalue weighted by Crippen LogP contribution is -2.31. The standard InChI is InChI=1S/C23H23N3S/c1-23(2)20-11-7-6-10-18(20)19-13-12-16(14-21(19)23)15-27-26(25)22(24)17-8-4-3-5-9-17/h3-14,24H,15,25H2,1-2H3. The minimum Gasteiger partial charge on any atom is -0.282 e. The van der Waals surface area contributed by atoms with Crippen molar-refractivity contribution in [3.63, 3.8) is 0 Å². The number of nitrogens with zero attached hydrogens (tertiary/aromatic N) is 1. The van der Waals surface area contributed by atoms with Gasteiger partial charge in [-0.15, -0.1) is 0 Å². The Bertz CT molecular complexity index is 996. The van der Waals surface area contributed by atoms with Crippen LogP contribution < -0.4 is 5.84 Å². The molecule has 4 rings (SSSR count). The molecule has 0 spiro atoms. The predicted octanol–water partition coefficient (Wildman–Crippen LogP) is 5.34. The monoisotopic (exact) mass is 373 g/mol. The molecule has 3 N–H and O–H groups in total. The molecule has 3 aromatic rings. The molecule has 0 aliphatic heterocycles. The van der Waals surface area contributed by atoms with Gasteiger partial charge >= 0.3 is 0 Å². The van der Waals surface area contributed by atoms with E-state index >= 15 is 0 Å². The van der Waals surface area contributed by atoms with Crippen molar-refractivity contribution in [2.45, 2.75) is 25.0 Å². The first kappa shape index (κ1) is 17.8. The number of hydrogen-bond donors (Lipinski definition) is 2. The van der Waals surface area contributed by atoms with E-state index in [0.717, 1.165) is 11.3 Å². The molecule has 27 heavy (non-hydrogen) atoms. The Morgan fingerprint density at radius 2 is 1.59 bits per heavy atom. The van der Waals surface area contributed by atoms with E-state index in [-0.39, 0.29) is 5.41 Å². The van der Waals surface area contributed by atoms with Crippen LogP contribution in [-0.4, -0.2) is 10.2 Å². The molecule has 1 aliphatic rings. The third-order valence-corrected chi connectivity index (χ3v) is 6.21. The van der Waals surface area contributed by atoms with E-state index in [9.17, 15) is 0 Å². The van der Waals surface area contributed by atoms with Crippen molar-refractivity contribution in [1.29, 1.82) is 5.41 Å². The van der Waals surface area contributed by atoms with Crippen LogP contribution in [0.3, 0.4) is 0 Å². The third-order valence-electron chi connectivity index (χ3n) is 5.29. The number of nitrogens with one attached hydrogen (secondary N) is 1. The van der Waals surface area contributed by atoms with Crippen LogP contribution in [0.2, 0.25) is 0 Å². The molecular formula is C23H23N3S. The molecule has 0 aromatic heterocycles. The lowest BCUT2D eigenvalue weighted by Gasteiger charge is -2.22. The summed E-state index contributed by atoms with van der Waals surface area (Å²) in [6.45, 7) is 4.57. The molecule has 1 aliphatic carbocycles. The molecule has 0 saturated heterocycles. The smallest absolute Gasteiger partial charge is 0.153 e. The van der Waals surface area contributed by atoms with Gasteiger partial charge in [0.2, 0.25) is 0 Å². The lowest BCUT2D eigenvalue weighted by molar-refractivity contribution is 0.659. The second-order valence-electron chi connectivity index (χ2n) is 7.36. The lowest BCUT2D eigenvalue weighted by atomic mass is 9.82. The topological polar surface area (TPSA) is 53.1 Å². The van der Waals surface area contributed by atoms with Crippen molar-refractivity contribution in [3.8, 4) is 11.1 Å². The van der Waals surface area contributed by atoms with E-state index in [2.05, 4.69) is 56.3 Å². The maximum Gasteiger partial charge on any atom is 0.153 e. The number of fused-ring (bicyclic) bond motifs is 3. The van der Waals surface area contributed by atoms with Gasteiger partial charge in [-0.2, -0.15) is 0 Å². The van der Waals surface area contributed by atoms with Crippen LogP contribution in [0, 0.1) is 5.41 Å². The molecule has 4 heteroatoms.